The molecule has 22 heavy (non-hydrogen) atoms. The van der Waals surface area contributed by atoms with Gasteiger partial charge in [-0.3, -0.25) is 14.9 Å². The largest absolute Gasteiger partial charge is 0.342 e. The zero-order valence-corrected chi connectivity index (χ0v) is 12.2. The van der Waals surface area contributed by atoms with Crippen LogP contribution in [0.1, 0.15) is 36.9 Å². The second-order valence-electron chi connectivity index (χ2n) is 5.58. The number of carbonyl (C=O) groups excluding carboxylic acids is 3. The summed E-state index contributed by atoms with van der Waals surface area (Å²) in [5.74, 6) is 0.513. The summed E-state index contributed by atoms with van der Waals surface area (Å²) in [6, 6.07) is -1.34. The van der Waals surface area contributed by atoms with E-state index in [0.717, 1.165) is 12.8 Å². The van der Waals surface area contributed by atoms with Gasteiger partial charge in [0.2, 0.25) is 11.8 Å². The van der Waals surface area contributed by atoms with E-state index in [1.54, 1.807) is 11.8 Å². The first-order valence-corrected chi connectivity index (χ1v) is 7.22. The van der Waals surface area contributed by atoms with E-state index >= 15 is 0 Å². The van der Waals surface area contributed by atoms with Crippen molar-refractivity contribution < 1.29 is 18.9 Å². The van der Waals surface area contributed by atoms with Crippen molar-refractivity contribution in [3.05, 3.63) is 11.7 Å². The van der Waals surface area contributed by atoms with Crippen LogP contribution in [0, 0.1) is 6.92 Å². The Bertz CT molecular complexity index is 613. The maximum Gasteiger partial charge on any atom is 0.322 e. The number of rotatable bonds is 3. The van der Waals surface area contributed by atoms with E-state index in [2.05, 4.69) is 20.8 Å². The first-order chi connectivity index (χ1) is 10.5. The van der Waals surface area contributed by atoms with Crippen LogP contribution in [-0.2, 0) is 9.59 Å². The van der Waals surface area contributed by atoms with Gasteiger partial charge < -0.3 is 14.7 Å². The number of nitrogens with zero attached hydrogens (tertiary/aromatic N) is 3. The maximum atomic E-state index is 12.3. The standard InChI is InChI=1S/C13H17N5O4/c1-7-14-12(22-17-7)8-3-2-4-18(6-8)10(19)5-9-11(20)16-13(21)15-9/h8-9H,2-6H2,1H3,(H2,15,16,20,21)/t8-,9+/m1/s1. The SMILES string of the molecule is Cc1noc([C@@H]2CCCN(C(=O)C[C@@H]3NC(=O)NC3=O)C2)n1. The normalized spacial score (nSPS) is 25.0. The third-order valence-electron chi connectivity index (χ3n) is 3.90. The van der Waals surface area contributed by atoms with Crippen molar-refractivity contribution in [3.8, 4) is 0 Å². The summed E-state index contributed by atoms with van der Waals surface area (Å²) < 4.78 is 5.18. The van der Waals surface area contributed by atoms with Gasteiger partial charge in [-0.1, -0.05) is 5.16 Å². The van der Waals surface area contributed by atoms with Crippen molar-refractivity contribution in [1.82, 2.24) is 25.7 Å². The first-order valence-electron chi connectivity index (χ1n) is 7.22. The molecule has 118 valence electrons. The number of likely N-dealkylation sites (tertiary alicyclic amines) is 1. The minimum Gasteiger partial charge on any atom is -0.342 e. The molecule has 2 fully saturated rings. The number of amides is 4. The molecular formula is C13H17N5O4. The summed E-state index contributed by atoms with van der Waals surface area (Å²) in [7, 11) is 0. The molecule has 0 aromatic carbocycles. The van der Waals surface area contributed by atoms with Gasteiger partial charge in [0.1, 0.15) is 6.04 Å². The van der Waals surface area contributed by atoms with E-state index in [1.165, 1.54) is 0 Å². The first kappa shape index (κ1) is 14.5. The van der Waals surface area contributed by atoms with Gasteiger partial charge in [0, 0.05) is 13.1 Å². The summed E-state index contributed by atoms with van der Waals surface area (Å²) >= 11 is 0. The van der Waals surface area contributed by atoms with Crippen LogP contribution >= 0.6 is 0 Å². The lowest BCUT2D eigenvalue weighted by Crippen LogP contribution is -2.43. The fraction of sp³-hybridized carbons (Fsp3) is 0.615. The summed E-state index contributed by atoms with van der Waals surface area (Å²) in [6.07, 6.45) is 1.68. The monoisotopic (exact) mass is 307 g/mol. The Morgan fingerprint density at radius 2 is 2.27 bits per heavy atom. The lowest BCUT2D eigenvalue weighted by molar-refractivity contribution is -0.135. The molecule has 2 saturated heterocycles. The van der Waals surface area contributed by atoms with Crippen molar-refractivity contribution in [2.75, 3.05) is 13.1 Å². The highest BCUT2D eigenvalue weighted by Gasteiger charge is 2.34. The molecule has 0 radical (unpaired) electrons. The lowest BCUT2D eigenvalue weighted by Gasteiger charge is -2.31. The lowest BCUT2D eigenvalue weighted by atomic mass is 9.97. The zero-order chi connectivity index (χ0) is 15.7. The topological polar surface area (TPSA) is 117 Å². The molecule has 2 aliphatic heterocycles. The number of hydrogen-bond donors (Lipinski definition) is 2. The predicted molar refractivity (Wildman–Crippen MR) is 72.7 cm³/mol. The van der Waals surface area contributed by atoms with Gasteiger partial charge in [-0.05, 0) is 19.8 Å². The van der Waals surface area contributed by atoms with Gasteiger partial charge in [0.05, 0.1) is 12.3 Å². The smallest absolute Gasteiger partial charge is 0.322 e. The van der Waals surface area contributed by atoms with Crippen LogP contribution in [0.3, 0.4) is 0 Å². The Morgan fingerprint density at radius 3 is 2.91 bits per heavy atom. The van der Waals surface area contributed by atoms with Crippen LogP contribution in [0.25, 0.3) is 0 Å². The van der Waals surface area contributed by atoms with E-state index < -0.39 is 18.0 Å². The van der Waals surface area contributed by atoms with Crippen LogP contribution in [-0.4, -0.2) is 52.0 Å². The maximum absolute atomic E-state index is 12.3. The average molecular weight is 307 g/mol. The molecular weight excluding hydrogens is 290 g/mol. The predicted octanol–water partition coefficient (Wildman–Crippen LogP) is -0.318. The fourth-order valence-electron chi connectivity index (χ4n) is 2.79. The molecule has 2 N–H and O–H groups in total. The average Bonchev–Trinajstić information content (AvgIpc) is 3.05. The van der Waals surface area contributed by atoms with Crippen LogP contribution in [0.2, 0.25) is 0 Å². The van der Waals surface area contributed by atoms with E-state index in [9.17, 15) is 14.4 Å². The second kappa shape index (κ2) is 5.74. The Hall–Kier alpha value is -2.45. The highest BCUT2D eigenvalue weighted by atomic mass is 16.5. The van der Waals surface area contributed by atoms with Crippen molar-refractivity contribution in [2.24, 2.45) is 0 Å². The van der Waals surface area contributed by atoms with Crippen molar-refractivity contribution in [3.63, 3.8) is 0 Å². The molecule has 3 heterocycles. The van der Waals surface area contributed by atoms with Crippen LogP contribution in [0.5, 0.6) is 0 Å². The van der Waals surface area contributed by atoms with Gasteiger partial charge >= 0.3 is 6.03 Å². The Morgan fingerprint density at radius 1 is 1.45 bits per heavy atom. The Balaban J connectivity index is 1.60. The number of urea groups is 1. The molecule has 0 spiro atoms. The molecule has 9 nitrogen and oxygen atoms in total. The highest BCUT2D eigenvalue weighted by molar-refractivity contribution is 6.05. The Kier molecular flexibility index (Phi) is 3.78. The van der Waals surface area contributed by atoms with Gasteiger partial charge in [0.15, 0.2) is 5.82 Å². The minimum atomic E-state index is -0.786. The summed E-state index contributed by atoms with van der Waals surface area (Å²) in [5.41, 5.74) is 0. The van der Waals surface area contributed by atoms with Gasteiger partial charge in [-0.25, -0.2) is 4.79 Å². The summed E-state index contributed by atoms with van der Waals surface area (Å²) in [5, 5.41) is 8.32. The van der Waals surface area contributed by atoms with Crippen molar-refractivity contribution in [2.45, 2.75) is 38.1 Å². The summed E-state index contributed by atoms with van der Waals surface area (Å²) in [4.78, 5) is 40.8. The Labute approximate surface area is 126 Å². The van der Waals surface area contributed by atoms with E-state index in [4.69, 9.17) is 4.52 Å². The molecule has 0 saturated carbocycles. The number of aryl methyl sites for hydroxylation is 1. The molecule has 0 bridgehead atoms. The molecule has 4 amide bonds. The van der Waals surface area contributed by atoms with Crippen molar-refractivity contribution in [1.29, 1.82) is 0 Å². The quantitative estimate of drug-likeness (QED) is 0.739. The van der Waals surface area contributed by atoms with Crippen LogP contribution in [0.4, 0.5) is 4.79 Å². The molecule has 0 unspecified atom stereocenters. The third kappa shape index (κ3) is 2.92. The number of carbonyl (C=O) groups is 3. The van der Waals surface area contributed by atoms with Crippen LogP contribution in [0.15, 0.2) is 4.52 Å². The van der Waals surface area contributed by atoms with Gasteiger partial charge in [0.25, 0.3) is 5.91 Å². The molecule has 2 atom stereocenters. The van der Waals surface area contributed by atoms with Gasteiger partial charge in [-0.15, -0.1) is 0 Å². The highest BCUT2D eigenvalue weighted by Crippen LogP contribution is 2.26. The molecule has 9 heteroatoms. The number of aromatic nitrogens is 2. The molecule has 3 rings (SSSR count). The molecule has 2 aliphatic rings. The number of hydrogen-bond acceptors (Lipinski definition) is 6. The van der Waals surface area contributed by atoms with E-state index in [1.807, 2.05) is 0 Å². The third-order valence-corrected chi connectivity index (χ3v) is 3.90. The fourth-order valence-corrected chi connectivity index (χ4v) is 2.79. The minimum absolute atomic E-state index is 0.0193. The summed E-state index contributed by atoms with van der Waals surface area (Å²) in [6.45, 7) is 2.87. The molecule has 0 aliphatic carbocycles. The van der Waals surface area contributed by atoms with Crippen LogP contribution < -0.4 is 10.6 Å². The second-order valence-corrected chi connectivity index (χ2v) is 5.58. The number of imide groups is 1. The zero-order valence-electron chi connectivity index (χ0n) is 12.2. The number of piperidine rings is 1. The van der Waals surface area contributed by atoms with Gasteiger partial charge in [-0.2, -0.15) is 4.98 Å². The number of nitrogens with one attached hydrogen (secondary N) is 2. The molecule has 1 aromatic rings. The molecule has 1 aromatic heterocycles. The van der Waals surface area contributed by atoms with E-state index in [0.29, 0.717) is 24.8 Å². The van der Waals surface area contributed by atoms with Crippen molar-refractivity contribution >= 4 is 17.8 Å². The van der Waals surface area contributed by atoms with E-state index in [-0.39, 0.29) is 18.2 Å².